The Labute approximate surface area is 186 Å². The highest BCUT2D eigenvalue weighted by Gasteiger charge is 2.33. The molecule has 0 aliphatic carbocycles. The molecule has 1 fully saturated rings. The van der Waals surface area contributed by atoms with Gasteiger partial charge in [-0.05, 0) is 23.8 Å². The topological polar surface area (TPSA) is 116 Å². The predicted octanol–water partition coefficient (Wildman–Crippen LogP) is 3.17. The zero-order valence-corrected chi connectivity index (χ0v) is 17.7. The van der Waals surface area contributed by atoms with Crippen molar-refractivity contribution in [1.82, 2.24) is 16.2 Å². The van der Waals surface area contributed by atoms with Crippen molar-refractivity contribution in [3.8, 4) is 0 Å². The van der Waals surface area contributed by atoms with E-state index in [1.165, 1.54) is 0 Å². The number of carbonyl (C=O) groups excluding carboxylic acids is 4. The Morgan fingerprint density at radius 1 is 0.967 bits per heavy atom. The lowest BCUT2D eigenvalue weighted by Crippen LogP contribution is -2.43. The first-order chi connectivity index (χ1) is 14.3. The first kappa shape index (κ1) is 21.9. The second-order valence-corrected chi connectivity index (χ2v) is 8.23. The van der Waals surface area contributed by atoms with Gasteiger partial charge in [0.15, 0.2) is 0 Å². The molecule has 4 N–H and O–H groups in total. The van der Waals surface area contributed by atoms with Gasteiger partial charge in [0.05, 0.1) is 22.2 Å². The monoisotopic (exact) mass is 466 g/mol. The lowest BCUT2D eigenvalue weighted by Gasteiger charge is -2.15. The minimum absolute atomic E-state index is 0.0390. The third kappa shape index (κ3) is 5.65. The number of carbonyl (C=O) groups is 4. The first-order valence-corrected chi connectivity index (χ1v) is 10.3. The fourth-order valence-corrected chi connectivity index (χ4v) is 3.96. The van der Waals surface area contributed by atoms with Gasteiger partial charge in [0.25, 0.3) is 5.24 Å². The molecule has 1 atom stereocenters. The number of halogens is 2. The van der Waals surface area contributed by atoms with Crippen LogP contribution >= 0.6 is 35.0 Å². The Hall–Kier alpha value is -2.75. The number of amides is 4. The van der Waals surface area contributed by atoms with E-state index in [1.807, 2.05) is 0 Å². The Bertz CT molecular complexity index is 998. The molecule has 1 saturated heterocycles. The van der Waals surface area contributed by atoms with Gasteiger partial charge in [0.2, 0.25) is 17.7 Å². The van der Waals surface area contributed by atoms with E-state index in [-0.39, 0.29) is 12.8 Å². The molecular weight excluding hydrogens is 451 g/mol. The van der Waals surface area contributed by atoms with Gasteiger partial charge in [-0.2, -0.15) is 0 Å². The maximum Gasteiger partial charge on any atom is 0.286 e. The van der Waals surface area contributed by atoms with Crippen LogP contribution in [-0.2, 0) is 20.8 Å². The molecule has 156 valence electrons. The molecule has 0 radical (unpaired) electrons. The minimum atomic E-state index is -0.806. The molecule has 8 nitrogen and oxygen atoms in total. The number of thioether (sulfide) groups is 1. The van der Waals surface area contributed by atoms with E-state index in [2.05, 4.69) is 21.5 Å². The highest BCUT2D eigenvalue weighted by Crippen LogP contribution is 2.33. The van der Waals surface area contributed by atoms with Gasteiger partial charge in [-0.15, -0.1) is 0 Å². The Balaban J connectivity index is 1.57. The summed E-state index contributed by atoms with van der Waals surface area (Å²) in [5.41, 5.74) is 6.35. The van der Waals surface area contributed by atoms with E-state index < -0.39 is 28.2 Å². The maximum atomic E-state index is 12.3. The summed E-state index contributed by atoms with van der Waals surface area (Å²) in [5, 5.41) is 4.78. The normalized spacial score (nSPS) is 15.5. The fourth-order valence-electron chi connectivity index (χ4n) is 2.65. The SMILES string of the molecule is O=C(Cc1ccccc1Nc1c(Cl)cccc1Cl)NNC(=O)C[C@H]1SC(=O)NC1=O. The largest absolute Gasteiger partial charge is 0.353 e. The molecule has 0 unspecified atom stereocenters. The third-order valence-electron chi connectivity index (χ3n) is 4.07. The summed E-state index contributed by atoms with van der Waals surface area (Å²) >= 11 is 13.1. The summed E-state index contributed by atoms with van der Waals surface area (Å²) in [7, 11) is 0. The number of benzene rings is 2. The molecule has 0 aromatic heterocycles. The molecule has 2 aromatic carbocycles. The zero-order valence-electron chi connectivity index (χ0n) is 15.3. The van der Waals surface area contributed by atoms with Crippen LogP contribution in [0.25, 0.3) is 0 Å². The third-order valence-corrected chi connectivity index (χ3v) is 5.68. The number of hydrogen-bond acceptors (Lipinski definition) is 6. The van der Waals surface area contributed by atoms with Crippen LogP contribution < -0.4 is 21.5 Å². The quantitative estimate of drug-likeness (QED) is 0.485. The zero-order chi connectivity index (χ0) is 21.7. The van der Waals surface area contributed by atoms with Crippen LogP contribution in [0.4, 0.5) is 16.2 Å². The summed E-state index contributed by atoms with van der Waals surface area (Å²) in [6, 6.07) is 12.2. The van der Waals surface area contributed by atoms with Gasteiger partial charge >= 0.3 is 0 Å². The smallest absolute Gasteiger partial charge is 0.286 e. The number of nitrogens with one attached hydrogen (secondary N) is 4. The summed E-state index contributed by atoms with van der Waals surface area (Å²) in [6.45, 7) is 0. The molecule has 0 spiro atoms. The number of anilines is 2. The lowest BCUT2D eigenvalue weighted by molar-refractivity contribution is -0.129. The van der Waals surface area contributed by atoms with Crippen molar-refractivity contribution in [3.05, 3.63) is 58.1 Å². The van der Waals surface area contributed by atoms with E-state index in [9.17, 15) is 19.2 Å². The summed E-state index contributed by atoms with van der Waals surface area (Å²) in [4.78, 5) is 46.8. The van der Waals surface area contributed by atoms with Crippen LogP contribution in [0.3, 0.4) is 0 Å². The van der Waals surface area contributed by atoms with Crippen LogP contribution in [0.2, 0.25) is 10.0 Å². The number of hydrogen-bond donors (Lipinski definition) is 4. The van der Waals surface area contributed by atoms with Crippen LogP contribution in [0.5, 0.6) is 0 Å². The van der Waals surface area contributed by atoms with Crippen molar-refractivity contribution >= 4 is 69.3 Å². The minimum Gasteiger partial charge on any atom is -0.353 e. The van der Waals surface area contributed by atoms with E-state index in [4.69, 9.17) is 23.2 Å². The van der Waals surface area contributed by atoms with Gasteiger partial charge in [-0.25, -0.2) is 0 Å². The highest BCUT2D eigenvalue weighted by molar-refractivity contribution is 8.15. The first-order valence-electron chi connectivity index (χ1n) is 8.71. The molecule has 1 aliphatic rings. The van der Waals surface area contributed by atoms with E-state index in [0.717, 1.165) is 11.8 Å². The van der Waals surface area contributed by atoms with Crippen LogP contribution in [0.15, 0.2) is 42.5 Å². The molecule has 30 heavy (non-hydrogen) atoms. The Morgan fingerprint density at radius 2 is 1.63 bits per heavy atom. The molecule has 3 rings (SSSR count). The van der Waals surface area contributed by atoms with E-state index in [0.29, 0.717) is 27.0 Å². The second-order valence-electron chi connectivity index (χ2n) is 6.24. The number of imide groups is 1. The van der Waals surface area contributed by atoms with Crippen molar-refractivity contribution in [2.45, 2.75) is 18.1 Å². The highest BCUT2D eigenvalue weighted by atomic mass is 35.5. The average Bonchev–Trinajstić information content (AvgIpc) is 3.01. The Morgan fingerprint density at radius 3 is 2.30 bits per heavy atom. The molecule has 1 heterocycles. The molecule has 0 bridgehead atoms. The summed E-state index contributed by atoms with van der Waals surface area (Å²) < 4.78 is 0. The van der Waals surface area contributed by atoms with Gasteiger partial charge in [0, 0.05) is 12.1 Å². The van der Waals surface area contributed by atoms with Crippen molar-refractivity contribution < 1.29 is 19.2 Å². The summed E-state index contributed by atoms with van der Waals surface area (Å²) in [6.07, 6.45) is -0.270. The fraction of sp³-hybridized carbons (Fsp3) is 0.158. The van der Waals surface area contributed by atoms with Crippen LogP contribution in [0, 0.1) is 0 Å². The number of hydrazine groups is 1. The maximum absolute atomic E-state index is 12.3. The second kappa shape index (κ2) is 9.84. The van der Waals surface area contributed by atoms with Crippen LogP contribution in [0.1, 0.15) is 12.0 Å². The molecule has 4 amide bonds. The molecule has 0 saturated carbocycles. The average molecular weight is 467 g/mol. The van der Waals surface area contributed by atoms with Crippen molar-refractivity contribution in [3.63, 3.8) is 0 Å². The molecular formula is C19H16Cl2N4O4S. The predicted molar refractivity (Wildman–Crippen MR) is 116 cm³/mol. The van der Waals surface area contributed by atoms with Gasteiger partial charge < -0.3 is 5.32 Å². The molecule has 1 aliphatic heterocycles. The number of para-hydroxylation sites is 2. The lowest BCUT2D eigenvalue weighted by atomic mass is 10.1. The molecule has 11 heteroatoms. The standard InChI is InChI=1S/C19H16Cl2N4O4S/c20-11-5-3-6-12(21)17(11)22-13-7-2-1-4-10(13)8-15(26)24-25-16(27)9-14-18(28)23-19(29)30-14/h1-7,14,22H,8-9H2,(H,24,26)(H,25,27)(H,23,28,29)/t14-/m1/s1. The number of rotatable bonds is 6. The van der Waals surface area contributed by atoms with Gasteiger partial charge in [-0.3, -0.25) is 35.3 Å². The van der Waals surface area contributed by atoms with Crippen molar-refractivity contribution in [2.24, 2.45) is 0 Å². The van der Waals surface area contributed by atoms with Gasteiger partial charge in [-0.1, -0.05) is 59.2 Å². The summed E-state index contributed by atoms with van der Waals surface area (Å²) in [5.74, 6) is -1.58. The van der Waals surface area contributed by atoms with Crippen molar-refractivity contribution in [2.75, 3.05) is 5.32 Å². The van der Waals surface area contributed by atoms with E-state index >= 15 is 0 Å². The van der Waals surface area contributed by atoms with Gasteiger partial charge in [0.1, 0.15) is 5.25 Å². The van der Waals surface area contributed by atoms with Crippen LogP contribution in [-0.4, -0.2) is 28.2 Å². The van der Waals surface area contributed by atoms with E-state index in [1.54, 1.807) is 42.5 Å². The van der Waals surface area contributed by atoms with Crippen molar-refractivity contribution in [1.29, 1.82) is 0 Å². The Kier molecular flexibility index (Phi) is 7.20. The molecule has 2 aromatic rings.